The maximum atomic E-state index is 11.5. The molecule has 0 radical (unpaired) electrons. The molecule has 1 fully saturated rings. The van der Waals surface area contributed by atoms with Gasteiger partial charge in [0.05, 0.1) is 11.5 Å². The minimum absolute atomic E-state index is 0.297. The molecule has 5 nitrogen and oxygen atoms in total. The maximum Gasteiger partial charge on any atom is 0.150 e. The molecule has 19 heavy (non-hydrogen) atoms. The molecule has 6 heteroatoms. The van der Waals surface area contributed by atoms with Crippen molar-refractivity contribution in [3.63, 3.8) is 0 Å². The third kappa shape index (κ3) is 3.79. The van der Waals surface area contributed by atoms with Crippen LogP contribution in [0.3, 0.4) is 0 Å². The lowest BCUT2D eigenvalue weighted by Crippen LogP contribution is -2.31. The van der Waals surface area contributed by atoms with Gasteiger partial charge in [-0.3, -0.25) is 0 Å². The van der Waals surface area contributed by atoms with Crippen molar-refractivity contribution >= 4 is 9.84 Å². The molecule has 0 saturated carbocycles. The Labute approximate surface area is 115 Å². The first-order valence-electron chi connectivity index (χ1n) is 6.91. The van der Waals surface area contributed by atoms with E-state index >= 15 is 0 Å². The summed E-state index contributed by atoms with van der Waals surface area (Å²) in [6, 6.07) is 0.297. The second-order valence-corrected chi connectivity index (χ2v) is 7.55. The van der Waals surface area contributed by atoms with E-state index in [0.717, 1.165) is 31.6 Å². The number of aromatic nitrogens is 2. The molecule has 1 aliphatic heterocycles. The molecular weight excluding hydrogens is 262 g/mol. The van der Waals surface area contributed by atoms with E-state index in [1.807, 2.05) is 19.4 Å². The first-order chi connectivity index (χ1) is 9.04. The van der Waals surface area contributed by atoms with E-state index in [1.165, 1.54) is 0 Å². The van der Waals surface area contributed by atoms with Gasteiger partial charge in [-0.25, -0.2) is 13.4 Å². The van der Waals surface area contributed by atoms with Crippen molar-refractivity contribution in [1.29, 1.82) is 0 Å². The minimum atomic E-state index is -2.77. The number of rotatable bonds is 6. The van der Waals surface area contributed by atoms with E-state index in [4.69, 9.17) is 0 Å². The van der Waals surface area contributed by atoms with Gasteiger partial charge in [-0.15, -0.1) is 0 Å². The first kappa shape index (κ1) is 14.5. The molecule has 1 aliphatic rings. The predicted molar refractivity (Wildman–Crippen MR) is 75.8 cm³/mol. The van der Waals surface area contributed by atoms with E-state index in [0.29, 0.717) is 23.5 Å². The molecule has 1 N–H and O–H groups in total. The number of hydrogen-bond donors (Lipinski definition) is 1. The van der Waals surface area contributed by atoms with E-state index in [-0.39, 0.29) is 0 Å². The van der Waals surface area contributed by atoms with Gasteiger partial charge in [0.1, 0.15) is 5.82 Å². The zero-order valence-electron chi connectivity index (χ0n) is 11.7. The summed E-state index contributed by atoms with van der Waals surface area (Å²) in [6.45, 7) is 3.02. The highest BCUT2D eigenvalue weighted by Crippen LogP contribution is 2.23. The SMILES string of the molecule is CCn1ccnc1CC(CC1CCS(=O)(=O)C1)NC. The van der Waals surface area contributed by atoms with Gasteiger partial charge in [0.25, 0.3) is 0 Å². The van der Waals surface area contributed by atoms with Gasteiger partial charge in [-0.2, -0.15) is 0 Å². The maximum absolute atomic E-state index is 11.5. The lowest BCUT2D eigenvalue weighted by molar-refractivity contribution is 0.414. The zero-order chi connectivity index (χ0) is 13.9. The molecule has 0 aromatic carbocycles. The lowest BCUT2D eigenvalue weighted by Gasteiger charge is -2.19. The van der Waals surface area contributed by atoms with Gasteiger partial charge in [-0.05, 0) is 32.7 Å². The molecule has 0 spiro atoms. The molecule has 2 unspecified atom stereocenters. The normalized spacial score (nSPS) is 23.6. The zero-order valence-corrected chi connectivity index (χ0v) is 12.5. The van der Waals surface area contributed by atoms with Crippen LogP contribution in [0.2, 0.25) is 0 Å². The van der Waals surface area contributed by atoms with E-state index < -0.39 is 9.84 Å². The Morgan fingerprint density at radius 2 is 2.37 bits per heavy atom. The van der Waals surface area contributed by atoms with Crippen molar-refractivity contribution in [2.24, 2.45) is 5.92 Å². The average molecular weight is 285 g/mol. The Hall–Kier alpha value is -0.880. The van der Waals surface area contributed by atoms with Crippen LogP contribution in [0.1, 0.15) is 25.6 Å². The molecule has 1 saturated heterocycles. The summed E-state index contributed by atoms with van der Waals surface area (Å²) in [5, 5.41) is 3.30. The van der Waals surface area contributed by atoms with Crippen LogP contribution in [0.5, 0.6) is 0 Å². The van der Waals surface area contributed by atoms with Crippen LogP contribution in [0.4, 0.5) is 0 Å². The number of aryl methyl sites for hydroxylation is 1. The van der Waals surface area contributed by atoms with E-state index in [9.17, 15) is 8.42 Å². The van der Waals surface area contributed by atoms with Gasteiger partial charge in [0, 0.05) is 31.4 Å². The van der Waals surface area contributed by atoms with Crippen molar-refractivity contribution in [2.75, 3.05) is 18.6 Å². The number of sulfone groups is 1. The molecule has 2 atom stereocenters. The van der Waals surface area contributed by atoms with Crippen molar-refractivity contribution in [2.45, 2.75) is 38.8 Å². The molecule has 0 amide bonds. The van der Waals surface area contributed by atoms with Crippen LogP contribution in [0, 0.1) is 5.92 Å². The van der Waals surface area contributed by atoms with Gasteiger partial charge >= 0.3 is 0 Å². The highest BCUT2D eigenvalue weighted by atomic mass is 32.2. The Morgan fingerprint density at radius 3 is 2.95 bits per heavy atom. The summed E-state index contributed by atoms with van der Waals surface area (Å²) in [5.41, 5.74) is 0. The molecular formula is C13H23N3O2S. The fourth-order valence-electron chi connectivity index (χ4n) is 2.80. The van der Waals surface area contributed by atoms with Crippen molar-refractivity contribution in [1.82, 2.24) is 14.9 Å². The summed E-state index contributed by atoms with van der Waals surface area (Å²) in [4.78, 5) is 4.38. The first-order valence-corrected chi connectivity index (χ1v) is 8.74. The van der Waals surface area contributed by atoms with Gasteiger partial charge < -0.3 is 9.88 Å². The quantitative estimate of drug-likeness (QED) is 0.842. The molecule has 0 aliphatic carbocycles. The van der Waals surface area contributed by atoms with Crippen molar-refractivity contribution in [3.8, 4) is 0 Å². The monoisotopic (exact) mass is 285 g/mol. The van der Waals surface area contributed by atoms with Crippen LogP contribution in [0.25, 0.3) is 0 Å². The highest BCUT2D eigenvalue weighted by molar-refractivity contribution is 7.91. The van der Waals surface area contributed by atoms with Crippen LogP contribution in [-0.4, -0.2) is 42.6 Å². The Bertz CT molecular complexity index is 510. The molecule has 1 aromatic rings. The third-order valence-corrected chi connectivity index (χ3v) is 5.76. The lowest BCUT2D eigenvalue weighted by atomic mass is 9.97. The van der Waals surface area contributed by atoms with Crippen LogP contribution in [0.15, 0.2) is 12.4 Å². The number of nitrogens with one attached hydrogen (secondary N) is 1. The fourth-order valence-corrected chi connectivity index (χ4v) is 4.68. The predicted octanol–water partition coefficient (Wildman–Crippen LogP) is 0.858. The van der Waals surface area contributed by atoms with Crippen LogP contribution < -0.4 is 5.32 Å². The molecule has 0 bridgehead atoms. The summed E-state index contributed by atoms with van der Waals surface area (Å²) >= 11 is 0. The standard InChI is InChI=1S/C13H23N3O2S/c1-3-16-6-5-15-13(16)9-12(14-2)8-11-4-7-19(17,18)10-11/h5-6,11-12,14H,3-4,7-10H2,1-2H3. The van der Waals surface area contributed by atoms with Crippen LogP contribution in [-0.2, 0) is 22.8 Å². The van der Waals surface area contributed by atoms with Crippen LogP contribution >= 0.6 is 0 Å². The molecule has 1 aromatic heterocycles. The van der Waals surface area contributed by atoms with Crippen molar-refractivity contribution < 1.29 is 8.42 Å². The fraction of sp³-hybridized carbons (Fsp3) is 0.769. The largest absolute Gasteiger partial charge is 0.335 e. The number of imidazole rings is 1. The Kier molecular flexibility index (Phi) is 4.62. The summed E-state index contributed by atoms with van der Waals surface area (Å²) in [7, 11) is -0.835. The van der Waals surface area contributed by atoms with E-state index in [2.05, 4.69) is 21.8 Å². The Balaban J connectivity index is 1.94. The van der Waals surface area contributed by atoms with Gasteiger partial charge in [0.15, 0.2) is 9.84 Å². The Morgan fingerprint density at radius 1 is 1.58 bits per heavy atom. The topological polar surface area (TPSA) is 64.0 Å². The summed E-state index contributed by atoms with van der Waals surface area (Å²) in [6.07, 6.45) is 6.39. The van der Waals surface area contributed by atoms with Gasteiger partial charge in [0.2, 0.25) is 0 Å². The van der Waals surface area contributed by atoms with Gasteiger partial charge in [-0.1, -0.05) is 0 Å². The summed E-state index contributed by atoms with van der Waals surface area (Å²) < 4.78 is 25.1. The molecule has 2 rings (SSSR count). The number of hydrogen-bond acceptors (Lipinski definition) is 4. The highest BCUT2D eigenvalue weighted by Gasteiger charge is 2.29. The smallest absolute Gasteiger partial charge is 0.150 e. The van der Waals surface area contributed by atoms with E-state index in [1.54, 1.807) is 0 Å². The second-order valence-electron chi connectivity index (χ2n) is 5.32. The minimum Gasteiger partial charge on any atom is -0.335 e. The summed E-state index contributed by atoms with van der Waals surface area (Å²) in [5.74, 6) is 2.08. The number of likely N-dealkylation sites (N-methyl/N-ethyl adjacent to an activating group) is 1. The average Bonchev–Trinajstić information content (AvgIpc) is 2.94. The third-order valence-electron chi connectivity index (χ3n) is 3.92. The molecule has 2 heterocycles. The number of nitrogens with zero attached hydrogens (tertiary/aromatic N) is 2. The second kappa shape index (κ2) is 6.05. The molecule has 108 valence electrons. The van der Waals surface area contributed by atoms with Crippen molar-refractivity contribution in [3.05, 3.63) is 18.2 Å².